The summed E-state index contributed by atoms with van der Waals surface area (Å²) in [6.45, 7) is 3.22. The Balaban J connectivity index is 1.68. The van der Waals surface area contributed by atoms with Gasteiger partial charge in [-0.15, -0.1) is 0 Å². The molecular formula is C24H20N6O3. The summed E-state index contributed by atoms with van der Waals surface area (Å²) >= 11 is 0. The predicted molar refractivity (Wildman–Crippen MR) is 123 cm³/mol. The van der Waals surface area contributed by atoms with Gasteiger partial charge in [-0.05, 0) is 55.8 Å². The van der Waals surface area contributed by atoms with E-state index >= 15 is 0 Å². The third-order valence-corrected chi connectivity index (χ3v) is 4.94. The molecule has 0 bridgehead atoms. The predicted octanol–water partition coefficient (Wildman–Crippen LogP) is 4.59. The number of rotatable bonds is 5. The molecular weight excluding hydrogens is 420 g/mol. The lowest BCUT2D eigenvalue weighted by Crippen LogP contribution is -2.16. The fourth-order valence-electron chi connectivity index (χ4n) is 3.33. The van der Waals surface area contributed by atoms with E-state index in [2.05, 4.69) is 21.5 Å². The van der Waals surface area contributed by atoms with Gasteiger partial charge in [-0.25, -0.2) is 4.52 Å². The third kappa shape index (κ3) is 4.51. The second-order valence-electron chi connectivity index (χ2n) is 7.18. The molecule has 4 aromatic rings. The Morgan fingerprint density at radius 2 is 1.85 bits per heavy atom. The number of nitriles is 1. The fourth-order valence-corrected chi connectivity index (χ4v) is 3.33. The molecule has 2 aromatic carbocycles. The zero-order valence-corrected chi connectivity index (χ0v) is 17.9. The molecule has 0 atom stereocenters. The highest BCUT2D eigenvalue weighted by Gasteiger charge is 2.19. The van der Waals surface area contributed by atoms with Crippen LogP contribution in [-0.4, -0.2) is 26.6 Å². The number of para-hydroxylation sites is 1. The number of anilines is 2. The highest BCUT2D eigenvalue weighted by molar-refractivity contribution is 6.05. The first-order valence-corrected chi connectivity index (χ1v) is 10.0. The number of hydrogen-bond donors (Lipinski definition) is 3. The average molecular weight is 440 g/mol. The van der Waals surface area contributed by atoms with Gasteiger partial charge >= 0.3 is 0 Å². The zero-order chi connectivity index (χ0) is 23.4. The van der Waals surface area contributed by atoms with E-state index < -0.39 is 5.91 Å². The van der Waals surface area contributed by atoms with E-state index in [1.54, 1.807) is 13.1 Å². The van der Waals surface area contributed by atoms with E-state index in [0.29, 0.717) is 33.6 Å². The van der Waals surface area contributed by atoms with Gasteiger partial charge in [0.15, 0.2) is 0 Å². The van der Waals surface area contributed by atoms with Crippen LogP contribution in [0.15, 0.2) is 72.0 Å². The summed E-state index contributed by atoms with van der Waals surface area (Å²) < 4.78 is 7.34. The highest BCUT2D eigenvalue weighted by atomic mass is 16.5. The van der Waals surface area contributed by atoms with E-state index in [1.807, 2.05) is 60.1 Å². The largest absolute Gasteiger partial charge is 0.457 e. The summed E-state index contributed by atoms with van der Waals surface area (Å²) in [6.07, 6.45) is 2.98. The number of amidine groups is 1. The van der Waals surface area contributed by atoms with E-state index in [9.17, 15) is 10.1 Å². The topological polar surface area (TPSA) is 124 Å². The van der Waals surface area contributed by atoms with Crippen molar-refractivity contribution in [3.8, 4) is 17.6 Å². The van der Waals surface area contributed by atoms with Gasteiger partial charge in [-0.3, -0.25) is 15.5 Å². The standard InChI is InChI=1S/C24H20N6O3/c1-15-21(24(31)27-16(2)29-32)14-30-23(15)22(17(12-25)13-26-30)28-18-8-10-20(11-9-18)33-19-6-4-3-5-7-19/h3-11,13-14,28,32H,1-2H3,(H,27,29,31). The van der Waals surface area contributed by atoms with Gasteiger partial charge in [0.2, 0.25) is 0 Å². The number of hydrogen-bond acceptors (Lipinski definition) is 6. The SMILES string of the molecule is CC(=NC(=O)c1cn2ncc(C#N)c(Nc3ccc(Oc4ccccc4)cc3)c2c1C)NO. The molecule has 0 fully saturated rings. The molecule has 0 saturated carbocycles. The molecule has 9 heteroatoms. The number of carbonyl (C=O) groups excluding carboxylic acids is 1. The van der Waals surface area contributed by atoms with Crippen LogP contribution in [0.4, 0.5) is 11.4 Å². The second-order valence-corrected chi connectivity index (χ2v) is 7.18. The number of carbonyl (C=O) groups is 1. The maximum absolute atomic E-state index is 12.5. The van der Waals surface area contributed by atoms with Crippen LogP contribution in [0.2, 0.25) is 0 Å². The number of hydroxylamine groups is 1. The molecule has 2 aromatic heterocycles. The first-order chi connectivity index (χ1) is 16.0. The van der Waals surface area contributed by atoms with Crippen molar-refractivity contribution >= 4 is 28.6 Å². The van der Waals surface area contributed by atoms with Crippen molar-refractivity contribution in [2.45, 2.75) is 13.8 Å². The summed E-state index contributed by atoms with van der Waals surface area (Å²) in [7, 11) is 0. The molecule has 0 spiro atoms. The number of ether oxygens (including phenoxy) is 1. The van der Waals surface area contributed by atoms with Gasteiger partial charge in [0.1, 0.15) is 23.4 Å². The van der Waals surface area contributed by atoms with Gasteiger partial charge in [0.25, 0.3) is 5.91 Å². The number of aliphatic imine (C=N–C) groups is 1. The summed E-state index contributed by atoms with van der Waals surface area (Å²) in [4.78, 5) is 16.3. The van der Waals surface area contributed by atoms with Crippen molar-refractivity contribution in [2.24, 2.45) is 4.99 Å². The van der Waals surface area contributed by atoms with Crippen LogP contribution in [-0.2, 0) is 0 Å². The van der Waals surface area contributed by atoms with Crippen LogP contribution >= 0.6 is 0 Å². The number of nitrogens with one attached hydrogen (secondary N) is 2. The Morgan fingerprint density at radius 1 is 1.15 bits per heavy atom. The first kappa shape index (κ1) is 21.5. The number of amides is 1. The Kier molecular flexibility index (Phi) is 6.02. The lowest BCUT2D eigenvalue weighted by molar-refractivity contribution is 0.0999. The molecule has 0 aliphatic heterocycles. The van der Waals surface area contributed by atoms with Crippen LogP contribution in [0.1, 0.15) is 28.4 Å². The maximum atomic E-state index is 12.5. The van der Waals surface area contributed by atoms with E-state index in [4.69, 9.17) is 9.94 Å². The second kappa shape index (κ2) is 9.21. The number of benzene rings is 2. The van der Waals surface area contributed by atoms with Gasteiger partial charge in [-0.2, -0.15) is 15.4 Å². The zero-order valence-electron chi connectivity index (χ0n) is 17.9. The maximum Gasteiger partial charge on any atom is 0.280 e. The average Bonchev–Trinajstić information content (AvgIpc) is 3.18. The number of aromatic nitrogens is 2. The summed E-state index contributed by atoms with van der Waals surface area (Å²) in [5, 5.41) is 26.1. The van der Waals surface area contributed by atoms with Crippen molar-refractivity contribution in [3.63, 3.8) is 0 Å². The molecule has 0 unspecified atom stereocenters. The van der Waals surface area contributed by atoms with Crippen LogP contribution in [0.25, 0.3) is 5.52 Å². The fraction of sp³-hybridized carbons (Fsp3) is 0.0833. The Hall–Kier alpha value is -4.68. The van der Waals surface area contributed by atoms with Crippen LogP contribution < -0.4 is 15.5 Å². The van der Waals surface area contributed by atoms with E-state index in [-0.39, 0.29) is 5.84 Å². The third-order valence-electron chi connectivity index (χ3n) is 4.94. The molecule has 9 nitrogen and oxygen atoms in total. The van der Waals surface area contributed by atoms with Gasteiger partial charge < -0.3 is 10.1 Å². The normalized spacial score (nSPS) is 11.2. The van der Waals surface area contributed by atoms with E-state index in [1.165, 1.54) is 17.6 Å². The van der Waals surface area contributed by atoms with Crippen molar-refractivity contribution in [3.05, 3.63) is 83.7 Å². The summed E-state index contributed by atoms with van der Waals surface area (Å²) in [6, 6.07) is 18.9. The van der Waals surface area contributed by atoms with Crippen molar-refractivity contribution < 1.29 is 14.7 Å². The van der Waals surface area contributed by atoms with Crippen LogP contribution in [0, 0.1) is 18.3 Å². The number of aryl methyl sites for hydroxylation is 1. The van der Waals surface area contributed by atoms with Crippen molar-refractivity contribution in [1.82, 2.24) is 15.1 Å². The Bertz CT molecular complexity index is 1390. The lowest BCUT2D eigenvalue weighted by Gasteiger charge is -2.12. The smallest absolute Gasteiger partial charge is 0.280 e. The number of nitrogens with zero attached hydrogens (tertiary/aromatic N) is 4. The van der Waals surface area contributed by atoms with Crippen molar-refractivity contribution in [2.75, 3.05) is 5.32 Å². The molecule has 2 heterocycles. The summed E-state index contributed by atoms with van der Waals surface area (Å²) in [5.74, 6) is 0.932. The molecule has 33 heavy (non-hydrogen) atoms. The van der Waals surface area contributed by atoms with Crippen LogP contribution in [0.5, 0.6) is 11.5 Å². The lowest BCUT2D eigenvalue weighted by atomic mass is 10.1. The molecule has 1 amide bonds. The molecule has 0 radical (unpaired) electrons. The first-order valence-electron chi connectivity index (χ1n) is 10.0. The minimum absolute atomic E-state index is 0.0662. The molecule has 0 aliphatic carbocycles. The molecule has 4 rings (SSSR count). The van der Waals surface area contributed by atoms with Gasteiger partial charge in [-0.1, -0.05) is 18.2 Å². The minimum Gasteiger partial charge on any atom is -0.457 e. The molecule has 3 N–H and O–H groups in total. The van der Waals surface area contributed by atoms with Gasteiger partial charge in [0, 0.05) is 11.9 Å². The molecule has 0 aliphatic rings. The van der Waals surface area contributed by atoms with Gasteiger partial charge in [0.05, 0.1) is 28.5 Å². The van der Waals surface area contributed by atoms with Crippen LogP contribution in [0.3, 0.4) is 0 Å². The highest BCUT2D eigenvalue weighted by Crippen LogP contribution is 2.31. The monoisotopic (exact) mass is 440 g/mol. The number of fused-ring (bicyclic) bond motifs is 1. The molecule has 164 valence electrons. The Labute approximate surface area is 189 Å². The minimum atomic E-state index is -0.538. The molecule has 0 saturated heterocycles. The quantitative estimate of drug-likeness (QED) is 0.236. The van der Waals surface area contributed by atoms with E-state index in [0.717, 1.165) is 11.4 Å². The Morgan fingerprint density at radius 3 is 2.52 bits per heavy atom. The van der Waals surface area contributed by atoms with Crippen molar-refractivity contribution in [1.29, 1.82) is 5.26 Å². The summed E-state index contributed by atoms with van der Waals surface area (Å²) in [5.41, 5.74) is 4.89.